The van der Waals surface area contributed by atoms with E-state index in [0.29, 0.717) is 43.3 Å². The monoisotopic (exact) mass is 422 g/mol. The Morgan fingerprint density at radius 3 is 2.46 bits per heavy atom. The van der Waals surface area contributed by atoms with Crippen molar-refractivity contribution in [3.05, 3.63) is 47.3 Å². The van der Waals surface area contributed by atoms with Crippen molar-refractivity contribution in [2.45, 2.75) is 30.5 Å². The summed E-state index contributed by atoms with van der Waals surface area (Å²) in [6.45, 7) is 3.86. The molecular formula is C20H26N2O4S2. The first-order valence-electron chi connectivity index (χ1n) is 9.42. The summed E-state index contributed by atoms with van der Waals surface area (Å²) in [7, 11) is -1.63. The van der Waals surface area contributed by atoms with E-state index in [-0.39, 0.29) is 11.8 Å². The maximum absolute atomic E-state index is 12.8. The molecular weight excluding hydrogens is 396 g/mol. The Hall–Kier alpha value is -1.90. The second-order valence-corrected chi connectivity index (χ2v) is 9.99. The molecule has 8 heteroatoms. The summed E-state index contributed by atoms with van der Waals surface area (Å²) in [5.41, 5.74) is 1.04. The number of benzene rings is 1. The maximum atomic E-state index is 12.8. The van der Waals surface area contributed by atoms with E-state index in [1.165, 1.54) is 15.6 Å². The third-order valence-corrected chi connectivity index (χ3v) is 8.19. The summed E-state index contributed by atoms with van der Waals surface area (Å²) < 4.78 is 32.5. The standard InChI is InChI=1S/C20H26N2O4S2/c1-3-26-18-8-6-16(7-9-18)15-21(2)20(23)17-10-12-22(13-11-17)28(24,25)19-5-4-14-27-19/h4-9,14,17H,3,10-13,15H2,1-2H3. The molecule has 0 aliphatic carbocycles. The molecule has 1 aliphatic rings. The number of hydrogen-bond acceptors (Lipinski definition) is 5. The van der Waals surface area contributed by atoms with Crippen molar-refractivity contribution < 1.29 is 17.9 Å². The second kappa shape index (κ2) is 9.07. The molecule has 0 radical (unpaired) electrons. The highest BCUT2D eigenvalue weighted by molar-refractivity contribution is 7.91. The van der Waals surface area contributed by atoms with E-state index < -0.39 is 10.0 Å². The van der Waals surface area contributed by atoms with Crippen LogP contribution in [0.2, 0.25) is 0 Å². The topological polar surface area (TPSA) is 66.9 Å². The smallest absolute Gasteiger partial charge is 0.252 e. The number of piperidine rings is 1. The van der Waals surface area contributed by atoms with Crippen molar-refractivity contribution in [1.82, 2.24) is 9.21 Å². The SMILES string of the molecule is CCOc1ccc(CN(C)C(=O)C2CCN(S(=O)(=O)c3cccs3)CC2)cc1. The molecule has 0 saturated carbocycles. The van der Waals surface area contributed by atoms with Gasteiger partial charge in [0.05, 0.1) is 6.61 Å². The van der Waals surface area contributed by atoms with E-state index in [1.54, 1.807) is 29.5 Å². The van der Waals surface area contributed by atoms with Crippen LogP contribution in [-0.4, -0.2) is 50.3 Å². The Bertz CT molecular complexity index is 871. The van der Waals surface area contributed by atoms with Crippen molar-refractivity contribution in [3.63, 3.8) is 0 Å². The van der Waals surface area contributed by atoms with Crippen LogP contribution in [-0.2, 0) is 21.4 Å². The van der Waals surface area contributed by atoms with Crippen molar-refractivity contribution >= 4 is 27.3 Å². The number of nitrogens with zero attached hydrogens (tertiary/aromatic N) is 2. The Morgan fingerprint density at radius 1 is 1.21 bits per heavy atom. The number of thiophene rings is 1. The van der Waals surface area contributed by atoms with Crippen molar-refractivity contribution in [2.75, 3.05) is 26.7 Å². The predicted molar refractivity (Wildman–Crippen MR) is 110 cm³/mol. The lowest BCUT2D eigenvalue weighted by atomic mass is 9.96. The molecule has 1 aromatic heterocycles. The Morgan fingerprint density at radius 2 is 1.89 bits per heavy atom. The lowest BCUT2D eigenvalue weighted by Gasteiger charge is -2.32. The number of carbonyl (C=O) groups is 1. The quantitative estimate of drug-likeness (QED) is 0.687. The third-order valence-electron chi connectivity index (χ3n) is 4.92. The summed E-state index contributed by atoms with van der Waals surface area (Å²) in [5.74, 6) is 0.754. The molecule has 2 aromatic rings. The van der Waals surface area contributed by atoms with E-state index in [0.717, 1.165) is 11.3 Å². The van der Waals surface area contributed by atoms with Crippen LogP contribution in [0.1, 0.15) is 25.3 Å². The van der Waals surface area contributed by atoms with E-state index in [2.05, 4.69) is 0 Å². The highest BCUT2D eigenvalue weighted by Crippen LogP contribution is 2.27. The van der Waals surface area contributed by atoms with E-state index in [1.807, 2.05) is 31.2 Å². The van der Waals surface area contributed by atoms with Crippen LogP contribution in [0.5, 0.6) is 5.75 Å². The van der Waals surface area contributed by atoms with E-state index in [4.69, 9.17) is 4.74 Å². The van der Waals surface area contributed by atoms with Gasteiger partial charge in [-0.2, -0.15) is 4.31 Å². The Kier molecular flexibility index (Phi) is 6.74. The molecule has 0 unspecified atom stereocenters. The second-order valence-electron chi connectivity index (χ2n) is 6.88. The van der Waals surface area contributed by atoms with E-state index >= 15 is 0 Å². The van der Waals surface area contributed by atoms with Crippen LogP contribution in [0.15, 0.2) is 46.0 Å². The summed E-state index contributed by atoms with van der Waals surface area (Å²) in [6.07, 6.45) is 1.11. The van der Waals surface area contributed by atoms with Crippen molar-refractivity contribution in [1.29, 1.82) is 0 Å². The van der Waals surface area contributed by atoms with Crippen LogP contribution >= 0.6 is 11.3 Å². The van der Waals surface area contributed by atoms with Gasteiger partial charge >= 0.3 is 0 Å². The molecule has 0 atom stereocenters. The lowest BCUT2D eigenvalue weighted by Crippen LogP contribution is -2.43. The molecule has 1 aliphatic heterocycles. The Labute approximate surface area is 170 Å². The van der Waals surface area contributed by atoms with Gasteiger partial charge in [0.25, 0.3) is 10.0 Å². The maximum Gasteiger partial charge on any atom is 0.252 e. The van der Waals surface area contributed by atoms with Crippen LogP contribution in [0, 0.1) is 5.92 Å². The van der Waals surface area contributed by atoms with Gasteiger partial charge in [0, 0.05) is 32.6 Å². The molecule has 1 amide bonds. The summed E-state index contributed by atoms with van der Waals surface area (Å²) in [6, 6.07) is 11.1. The number of ether oxygens (including phenoxy) is 1. The molecule has 28 heavy (non-hydrogen) atoms. The highest BCUT2D eigenvalue weighted by atomic mass is 32.2. The van der Waals surface area contributed by atoms with Gasteiger partial charge in [0.15, 0.2) is 0 Å². The highest BCUT2D eigenvalue weighted by Gasteiger charge is 2.33. The third kappa shape index (κ3) is 4.74. The van der Waals surface area contributed by atoms with Crippen LogP contribution < -0.4 is 4.74 Å². The van der Waals surface area contributed by atoms with Crippen LogP contribution in [0.4, 0.5) is 0 Å². The predicted octanol–water partition coefficient (Wildman–Crippen LogP) is 3.21. The number of sulfonamides is 1. The molecule has 152 valence electrons. The first-order chi connectivity index (χ1) is 13.4. The molecule has 0 N–H and O–H groups in total. The molecule has 2 heterocycles. The van der Waals surface area contributed by atoms with Gasteiger partial charge in [0.2, 0.25) is 5.91 Å². The Balaban J connectivity index is 1.54. The van der Waals surface area contributed by atoms with Crippen molar-refractivity contribution in [2.24, 2.45) is 5.92 Å². The van der Waals surface area contributed by atoms with Gasteiger partial charge in [-0.1, -0.05) is 18.2 Å². The molecule has 0 spiro atoms. The van der Waals surface area contributed by atoms with E-state index in [9.17, 15) is 13.2 Å². The number of rotatable bonds is 7. The normalized spacial score (nSPS) is 16.1. The molecule has 1 saturated heterocycles. The zero-order chi connectivity index (χ0) is 20.1. The fourth-order valence-corrected chi connectivity index (χ4v) is 6.02. The zero-order valence-electron chi connectivity index (χ0n) is 16.2. The number of amides is 1. The van der Waals surface area contributed by atoms with Gasteiger partial charge in [-0.3, -0.25) is 4.79 Å². The number of hydrogen-bond donors (Lipinski definition) is 0. The lowest BCUT2D eigenvalue weighted by molar-refractivity contribution is -0.135. The number of carbonyl (C=O) groups excluding carboxylic acids is 1. The summed E-state index contributed by atoms with van der Waals surface area (Å²) in [4.78, 5) is 14.5. The minimum absolute atomic E-state index is 0.0713. The largest absolute Gasteiger partial charge is 0.494 e. The zero-order valence-corrected chi connectivity index (χ0v) is 17.8. The molecule has 0 bridgehead atoms. The van der Waals surface area contributed by atoms with Gasteiger partial charge in [-0.15, -0.1) is 11.3 Å². The summed E-state index contributed by atoms with van der Waals surface area (Å²) in [5, 5.41) is 1.76. The molecule has 6 nitrogen and oxygen atoms in total. The average molecular weight is 423 g/mol. The molecule has 1 aromatic carbocycles. The minimum atomic E-state index is -3.43. The van der Waals surface area contributed by atoms with Gasteiger partial charge in [-0.05, 0) is 48.9 Å². The molecule has 3 rings (SSSR count). The average Bonchev–Trinajstić information content (AvgIpc) is 3.25. The first kappa shape index (κ1) is 20.8. The van der Waals surface area contributed by atoms with Crippen LogP contribution in [0.3, 0.4) is 0 Å². The van der Waals surface area contributed by atoms with Crippen LogP contribution in [0.25, 0.3) is 0 Å². The van der Waals surface area contributed by atoms with Gasteiger partial charge in [0.1, 0.15) is 9.96 Å². The first-order valence-corrected chi connectivity index (χ1v) is 11.7. The fraction of sp³-hybridized carbons (Fsp3) is 0.450. The minimum Gasteiger partial charge on any atom is -0.494 e. The summed E-state index contributed by atoms with van der Waals surface area (Å²) >= 11 is 1.23. The van der Waals surface area contributed by atoms with Gasteiger partial charge in [-0.25, -0.2) is 8.42 Å². The van der Waals surface area contributed by atoms with Gasteiger partial charge < -0.3 is 9.64 Å². The fourth-order valence-electron chi connectivity index (χ4n) is 3.40. The molecule has 1 fully saturated rings. The van der Waals surface area contributed by atoms with Crippen molar-refractivity contribution in [3.8, 4) is 5.75 Å².